The van der Waals surface area contributed by atoms with Gasteiger partial charge in [-0.2, -0.15) is 5.26 Å². The Morgan fingerprint density at radius 2 is 2.06 bits per heavy atom. The molecule has 0 unspecified atom stereocenters. The van der Waals surface area contributed by atoms with E-state index in [0.717, 1.165) is 0 Å². The molecule has 98 valence electrons. The number of halogens is 6. The van der Waals surface area contributed by atoms with Crippen molar-refractivity contribution in [3.63, 3.8) is 0 Å². The number of pyridine rings is 1. The van der Waals surface area contributed by atoms with Gasteiger partial charge in [0.2, 0.25) is 0 Å². The molecule has 0 amide bonds. The SMILES string of the molecule is N#Cc1cc(OC(F)(F)F)c(CCl)nc1C(F)F. The van der Waals surface area contributed by atoms with Crippen LogP contribution in [0.25, 0.3) is 0 Å². The predicted molar refractivity (Wildman–Crippen MR) is 50.1 cm³/mol. The Bertz CT molecular complexity index is 483. The molecule has 0 radical (unpaired) electrons. The molecule has 0 spiro atoms. The average molecular weight is 287 g/mol. The number of hydrogen-bond acceptors (Lipinski definition) is 3. The summed E-state index contributed by atoms with van der Waals surface area (Å²) in [6.45, 7) is 0. The van der Waals surface area contributed by atoms with Crippen molar-refractivity contribution >= 4 is 11.6 Å². The summed E-state index contributed by atoms with van der Waals surface area (Å²) in [7, 11) is 0. The van der Waals surface area contributed by atoms with Crippen LogP contribution < -0.4 is 4.74 Å². The average Bonchev–Trinajstić information content (AvgIpc) is 2.25. The molecule has 0 bridgehead atoms. The van der Waals surface area contributed by atoms with E-state index >= 15 is 0 Å². The quantitative estimate of drug-likeness (QED) is 0.631. The van der Waals surface area contributed by atoms with Gasteiger partial charge in [-0.05, 0) is 0 Å². The number of ether oxygens (including phenoxy) is 1. The van der Waals surface area contributed by atoms with Crippen LogP contribution in [0.2, 0.25) is 0 Å². The zero-order valence-electron chi connectivity index (χ0n) is 8.43. The first kappa shape index (κ1) is 14.4. The zero-order valence-corrected chi connectivity index (χ0v) is 9.19. The van der Waals surface area contributed by atoms with Crippen LogP contribution in [0.5, 0.6) is 5.75 Å². The number of nitrogens with zero attached hydrogens (tertiary/aromatic N) is 2. The maximum atomic E-state index is 12.5. The van der Waals surface area contributed by atoms with Gasteiger partial charge in [-0.1, -0.05) is 0 Å². The first-order valence-corrected chi connectivity index (χ1v) is 4.85. The summed E-state index contributed by atoms with van der Waals surface area (Å²) < 4.78 is 64.6. The van der Waals surface area contributed by atoms with Crippen molar-refractivity contribution in [3.8, 4) is 11.8 Å². The fraction of sp³-hybridized carbons (Fsp3) is 0.333. The van der Waals surface area contributed by atoms with Crippen LogP contribution in [-0.4, -0.2) is 11.3 Å². The fourth-order valence-electron chi connectivity index (χ4n) is 1.11. The lowest BCUT2D eigenvalue weighted by atomic mass is 10.2. The fourth-order valence-corrected chi connectivity index (χ4v) is 1.31. The van der Waals surface area contributed by atoms with Crippen molar-refractivity contribution in [2.24, 2.45) is 0 Å². The normalized spacial score (nSPS) is 11.4. The van der Waals surface area contributed by atoms with E-state index in [9.17, 15) is 22.0 Å². The molecular formula is C9H4ClF5N2O. The van der Waals surface area contributed by atoms with Gasteiger partial charge < -0.3 is 4.74 Å². The van der Waals surface area contributed by atoms with Gasteiger partial charge >= 0.3 is 6.36 Å². The summed E-state index contributed by atoms with van der Waals surface area (Å²) in [5.41, 5.74) is -2.14. The summed E-state index contributed by atoms with van der Waals surface area (Å²) in [6, 6.07) is 1.86. The standard InChI is InChI=1S/C9H4ClF5N2O/c10-2-5-6(18-9(13,14)15)1-4(3-16)7(17-5)8(11)12/h1,8H,2H2. The molecule has 0 aliphatic heterocycles. The first-order chi connectivity index (χ1) is 8.28. The minimum Gasteiger partial charge on any atom is -0.404 e. The Balaban J connectivity index is 3.32. The van der Waals surface area contributed by atoms with Crippen LogP contribution in [0.1, 0.15) is 23.4 Å². The smallest absolute Gasteiger partial charge is 0.404 e. The molecule has 1 aromatic rings. The van der Waals surface area contributed by atoms with E-state index in [2.05, 4.69) is 9.72 Å². The molecular weight excluding hydrogens is 283 g/mol. The highest BCUT2D eigenvalue weighted by molar-refractivity contribution is 6.17. The second kappa shape index (κ2) is 5.35. The van der Waals surface area contributed by atoms with Crippen LogP contribution in [0.4, 0.5) is 22.0 Å². The Hall–Kier alpha value is -1.62. The Labute approximate surface area is 103 Å². The molecule has 0 fully saturated rings. The maximum Gasteiger partial charge on any atom is 0.573 e. The highest BCUT2D eigenvalue weighted by Crippen LogP contribution is 2.31. The highest BCUT2D eigenvalue weighted by atomic mass is 35.5. The predicted octanol–water partition coefficient (Wildman–Crippen LogP) is 3.53. The number of aromatic nitrogens is 1. The van der Waals surface area contributed by atoms with E-state index in [-0.39, 0.29) is 0 Å². The second-order valence-corrected chi connectivity index (χ2v) is 3.23. The largest absolute Gasteiger partial charge is 0.573 e. The van der Waals surface area contributed by atoms with Crippen molar-refractivity contribution in [1.29, 1.82) is 5.26 Å². The first-order valence-electron chi connectivity index (χ1n) is 4.32. The van der Waals surface area contributed by atoms with E-state index in [1.165, 1.54) is 6.07 Å². The van der Waals surface area contributed by atoms with Gasteiger partial charge in [-0.3, -0.25) is 0 Å². The van der Waals surface area contributed by atoms with E-state index in [0.29, 0.717) is 6.07 Å². The number of nitriles is 1. The van der Waals surface area contributed by atoms with Gasteiger partial charge in [-0.15, -0.1) is 24.8 Å². The summed E-state index contributed by atoms with van der Waals surface area (Å²) in [5, 5.41) is 8.56. The lowest BCUT2D eigenvalue weighted by Gasteiger charge is -2.13. The van der Waals surface area contributed by atoms with Crippen LogP contribution in [-0.2, 0) is 5.88 Å². The molecule has 0 aromatic carbocycles. The van der Waals surface area contributed by atoms with Crippen LogP contribution in [0.3, 0.4) is 0 Å². The minimum absolute atomic E-state index is 0.511. The molecule has 0 N–H and O–H groups in total. The van der Waals surface area contributed by atoms with Gasteiger partial charge in [0, 0.05) is 6.07 Å². The maximum absolute atomic E-state index is 12.5. The van der Waals surface area contributed by atoms with Gasteiger partial charge in [0.05, 0.1) is 17.1 Å². The van der Waals surface area contributed by atoms with Crippen molar-refractivity contribution < 1.29 is 26.7 Å². The molecule has 1 rings (SSSR count). The number of rotatable bonds is 3. The molecule has 1 aromatic heterocycles. The van der Waals surface area contributed by atoms with Crippen LogP contribution in [0, 0.1) is 11.3 Å². The lowest BCUT2D eigenvalue weighted by molar-refractivity contribution is -0.275. The van der Waals surface area contributed by atoms with E-state index in [1.54, 1.807) is 0 Å². The molecule has 0 atom stereocenters. The van der Waals surface area contributed by atoms with Crippen molar-refractivity contribution in [2.45, 2.75) is 18.7 Å². The lowest BCUT2D eigenvalue weighted by Crippen LogP contribution is -2.19. The number of hydrogen-bond donors (Lipinski definition) is 0. The van der Waals surface area contributed by atoms with Gasteiger partial charge in [0.15, 0.2) is 5.75 Å². The van der Waals surface area contributed by atoms with Gasteiger partial charge in [0.25, 0.3) is 6.43 Å². The van der Waals surface area contributed by atoms with Crippen molar-refractivity contribution in [3.05, 3.63) is 23.0 Å². The molecule has 1 heterocycles. The minimum atomic E-state index is -5.03. The Morgan fingerprint density at radius 1 is 1.44 bits per heavy atom. The number of alkyl halides is 6. The Kier molecular flexibility index (Phi) is 4.29. The van der Waals surface area contributed by atoms with Gasteiger partial charge in [0.1, 0.15) is 11.8 Å². The van der Waals surface area contributed by atoms with Gasteiger partial charge in [-0.25, -0.2) is 13.8 Å². The van der Waals surface area contributed by atoms with E-state index in [4.69, 9.17) is 16.9 Å². The third-order valence-electron chi connectivity index (χ3n) is 1.77. The van der Waals surface area contributed by atoms with E-state index in [1.807, 2.05) is 0 Å². The molecule has 0 aliphatic rings. The van der Waals surface area contributed by atoms with Crippen molar-refractivity contribution in [2.75, 3.05) is 0 Å². The topological polar surface area (TPSA) is 45.9 Å². The van der Waals surface area contributed by atoms with Crippen LogP contribution in [0.15, 0.2) is 6.07 Å². The molecule has 0 aliphatic carbocycles. The third kappa shape index (κ3) is 3.43. The molecule has 9 heteroatoms. The van der Waals surface area contributed by atoms with Crippen LogP contribution >= 0.6 is 11.6 Å². The highest BCUT2D eigenvalue weighted by Gasteiger charge is 2.33. The second-order valence-electron chi connectivity index (χ2n) is 2.96. The zero-order chi connectivity index (χ0) is 13.9. The summed E-state index contributed by atoms with van der Waals surface area (Å²) in [6.07, 6.45) is -8.12. The van der Waals surface area contributed by atoms with E-state index < -0.39 is 41.4 Å². The summed E-state index contributed by atoms with van der Waals surface area (Å²) >= 11 is 5.30. The van der Waals surface area contributed by atoms with Crippen molar-refractivity contribution in [1.82, 2.24) is 4.98 Å². The summed E-state index contributed by atoms with van der Waals surface area (Å²) in [5.74, 6) is -1.42. The molecule has 0 saturated heterocycles. The molecule has 0 saturated carbocycles. The third-order valence-corrected chi connectivity index (χ3v) is 2.02. The Morgan fingerprint density at radius 3 is 2.44 bits per heavy atom. The summed E-state index contributed by atoms with van der Waals surface area (Å²) in [4.78, 5) is 3.22. The monoisotopic (exact) mass is 286 g/mol. The molecule has 18 heavy (non-hydrogen) atoms. The molecule has 3 nitrogen and oxygen atoms in total.